The molecule has 67 heavy (non-hydrogen) atoms. The molecule has 3 unspecified atom stereocenters. The number of carbonyl (C=O) groups is 9. The van der Waals surface area contributed by atoms with Crippen molar-refractivity contribution in [1.29, 1.82) is 0 Å². The fourth-order valence-corrected chi connectivity index (χ4v) is 5.88. The standard InChI is InChI=1S/C43H61N3O21/c1-31(44-35(47)4-5-36(44)48)41(53)65-25-22-59-13-10-56-16-19-62-28-34(29-63-20-17-57-11-14-60-23-26-66-42(54)32(2)45-37(49)6-7-38(45)50)30-64-21-18-58-12-15-61-24-27-67-43(55)33(3)46-39(51)8-9-40(46)52/h4-9,31-34H,10-30H2,1-3H3. The van der Waals surface area contributed by atoms with Crippen LogP contribution < -0.4 is 0 Å². The van der Waals surface area contributed by atoms with E-state index in [9.17, 15) is 43.2 Å². The fourth-order valence-electron chi connectivity index (χ4n) is 5.88. The molecule has 3 heterocycles. The molecule has 0 saturated carbocycles. The van der Waals surface area contributed by atoms with Crippen molar-refractivity contribution in [3.63, 3.8) is 0 Å². The first-order valence-electron chi connectivity index (χ1n) is 21.7. The van der Waals surface area contributed by atoms with Crippen LogP contribution in [-0.4, -0.2) is 225 Å². The van der Waals surface area contributed by atoms with Gasteiger partial charge in [-0.05, 0) is 20.8 Å². The van der Waals surface area contributed by atoms with E-state index in [1.54, 1.807) is 0 Å². The molecule has 0 aromatic carbocycles. The first-order chi connectivity index (χ1) is 32.3. The first-order valence-corrected chi connectivity index (χ1v) is 21.7. The van der Waals surface area contributed by atoms with E-state index >= 15 is 0 Å². The second-order valence-electron chi connectivity index (χ2n) is 14.4. The first kappa shape index (κ1) is 56.0. The Morgan fingerprint density at radius 2 is 0.507 bits per heavy atom. The van der Waals surface area contributed by atoms with Crippen molar-refractivity contribution >= 4 is 53.4 Å². The highest BCUT2D eigenvalue weighted by atomic mass is 16.6. The molecule has 0 spiro atoms. The third kappa shape index (κ3) is 21.0. The summed E-state index contributed by atoms with van der Waals surface area (Å²) >= 11 is 0. The Hall–Kier alpha value is -5.31. The van der Waals surface area contributed by atoms with Crippen molar-refractivity contribution < 1.29 is 100.0 Å². The molecule has 24 nitrogen and oxygen atoms in total. The third-order valence-electron chi connectivity index (χ3n) is 9.42. The Labute approximate surface area is 387 Å². The number of carbonyl (C=O) groups excluding carboxylic acids is 9. The van der Waals surface area contributed by atoms with Crippen LogP contribution in [-0.2, 0) is 100.0 Å². The zero-order valence-corrected chi connectivity index (χ0v) is 38.0. The molecule has 0 saturated heterocycles. The van der Waals surface area contributed by atoms with Gasteiger partial charge in [0.1, 0.15) is 37.9 Å². The van der Waals surface area contributed by atoms with E-state index in [0.29, 0.717) is 19.8 Å². The molecule has 3 rings (SSSR count). The number of hydrogen-bond donors (Lipinski definition) is 0. The van der Waals surface area contributed by atoms with Gasteiger partial charge in [-0.15, -0.1) is 0 Å². The number of rotatable bonds is 39. The van der Waals surface area contributed by atoms with E-state index in [2.05, 4.69) is 0 Å². The van der Waals surface area contributed by atoms with Gasteiger partial charge in [0.05, 0.1) is 119 Å². The minimum Gasteiger partial charge on any atom is -0.462 e. The van der Waals surface area contributed by atoms with Crippen molar-refractivity contribution in [3.05, 3.63) is 36.5 Å². The van der Waals surface area contributed by atoms with Crippen LogP contribution in [0.15, 0.2) is 36.5 Å². The van der Waals surface area contributed by atoms with Crippen molar-refractivity contribution in [3.8, 4) is 0 Å². The van der Waals surface area contributed by atoms with E-state index < -0.39 is 71.5 Å². The molecule has 6 amide bonds. The van der Waals surface area contributed by atoms with Gasteiger partial charge in [0.25, 0.3) is 35.4 Å². The lowest BCUT2D eigenvalue weighted by molar-refractivity contribution is -0.157. The van der Waals surface area contributed by atoms with Gasteiger partial charge in [-0.25, -0.2) is 14.4 Å². The summed E-state index contributed by atoms with van der Waals surface area (Å²) in [7, 11) is 0. The summed E-state index contributed by atoms with van der Waals surface area (Å²) in [6, 6.07) is -3.15. The monoisotopic (exact) mass is 955 g/mol. The fraction of sp³-hybridized carbons (Fsp3) is 0.651. The summed E-state index contributed by atoms with van der Waals surface area (Å²) in [4.78, 5) is 109. The lowest BCUT2D eigenvalue weighted by Gasteiger charge is -2.20. The summed E-state index contributed by atoms with van der Waals surface area (Å²) in [5.41, 5.74) is 0. The normalized spacial score (nSPS) is 16.4. The van der Waals surface area contributed by atoms with E-state index in [1.807, 2.05) is 0 Å². The molecular weight excluding hydrogens is 894 g/mol. The predicted molar refractivity (Wildman–Crippen MR) is 225 cm³/mol. The van der Waals surface area contributed by atoms with Crippen LogP contribution in [0.5, 0.6) is 0 Å². The van der Waals surface area contributed by atoms with E-state index in [1.165, 1.54) is 20.8 Å². The Bertz CT molecular complexity index is 1490. The number of ether oxygens (including phenoxy) is 12. The minimum absolute atomic E-state index is 0.0620. The van der Waals surface area contributed by atoms with Crippen LogP contribution in [0.1, 0.15) is 20.8 Å². The SMILES string of the molecule is CC(C(=O)OCCOCCOCCOCC(COCCOCCOCCOC(=O)C(C)N1C(=O)C=CC1=O)COCCOCCOCCOC(=O)C(C)N1C(=O)C=CC1=O)N1C(=O)C=CC1=O. The molecule has 0 N–H and O–H groups in total. The highest BCUT2D eigenvalue weighted by Crippen LogP contribution is 2.13. The smallest absolute Gasteiger partial charge is 0.329 e. The van der Waals surface area contributed by atoms with Crippen LogP contribution in [0.2, 0.25) is 0 Å². The zero-order chi connectivity index (χ0) is 48.8. The van der Waals surface area contributed by atoms with Crippen molar-refractivity contribution in [2.45, 2.75) is 38.9 Å². The highest BCUT2D eigenvalue weighted by molar-refractivity contribution is 6.16. The second-order valence-corrected chi connectivity index (χ2v) is 14.4. The van der Waals surface area contributed by atoms with Gasteiger partial charge in [-0.2, -0.15) is 0 Å². The van der Waals surface area contributed by atoms with Gasteiger partial charge in [0, 0.05) is 42.4 Å². The largest absolute Gasteiger partial charge is 0.462 e. The van der Waals surface area contributed by atoms with Gasteiger partial charge < -0.3 is 56.8 Å². The van der Waals surface area contributed by atoms with Crippen LogP contribution in [0.3, 0.4) is 0 Å². The number of imide groups is 3. The summed E-state index contributed by atoms with van der Waals surface area (Å²) in [5.74, 6) is -5.75. The summed E-state index contributed by atoms with van der Waals surface area (Å²) in [6.45, 7) is 8.35. The van der Waals surface area contributed by atoms with Crippen molar-refractivity contribution in [2.75, 3.05) is 139 Å². The lowest BCUT2D eigenvalue weighted by atomic mass is 10.2. The second kappa shape index (κ2) is 32.4. The molecule has 374 valence electrons. The van der Waals surface area contributed by atoms with E-state index in [-0.39, 0.29) is 125 Å². The highest BCUT2D eigenvalue weighted by Gasteiger charge is 2.35. The molecule has 24 heteroatoms. The molecule has 0 fully saturated rings. The van der Waals surface area contributed by atoms with Gasteiger partial charge in [0.15, 0.2) is 0 Å². The van der Waals surface area contributed by atoms with Crippen LogP contribution in [0.4, 0.5) is 0 Å². The maximum atomic E-state index is 12.2. The Balaban J connectivity index is 1.21. The Morgan fingerprint density at radius 1 is 0.328 bits per heavy atom. The van der Waals surface area contributed by atoms with Gasteiger partial charge in [0.2, 0.25) is 0 Å². The lowest BCUT2D eigenvalue weighted by Crippen LogP contribution is -2.44. The molecule has 0 aromatic rings. The van der Waals surface area contributed by atoms with Gasteiger partial charge >= 0.3 is 17.9 Å². The van der Waals surface area contributed by atoms with Crippen LogP contribution in [0, 0.1) is 5.92 Å². The van der Waals surface area contributed by atoms with Crippen LogP contribution in [0.25, 0.3) is 0 Å². The quantitative estimate of drug-likeness (QED) is 0.0288. The molecule has 0 aliphatic carbocycles. The molecule has 3 atom stereocenters. The molecule has 3 aliphatic heterocycles. The Morgan fingerprint density at radius 3 is 0.716 bits per heavy atom. The molecular formula is C43H61N3O21. The summed E-state index contributed by atoms with van der Waals surface area (Å²) < 4.78 is 65.5. The number of hydrogen-bond acceptors (Lipinski definition) is 21. The number of nitrogens with zero attached hydrogens (tertiary/aromatic N) is 3. The summed E-state index contributed by atoms with van der Waals surface area (Å²) in [5, 5.41) is 0. The maximum absolute atomic E-state index is 12.2. The third-order valence-corrected chi connectivity index (χ3v) is 9.42. The number of amides is 6. The van der Waals surface area contributed by atoms with Crippen LogP contribution >= 0.6 is 0 Å². The Kier molecular flexibility index (Phi) is 27.1. The molecule has 0 bridgehead atoms. The minimum atomic E-state index is -1.05. The zero-order valence-electron chi connectivity index (χ0n) is 38.0. The van der Waals surface area contributed by atoms with Crippen molar-refractivity contribution in [2.24, 2.45) is 5.92 Å². The summed E-state index contributed by atoms with van der Waals surface area (Å²) in [6.07, 6.45) is 6.56. The number of esters is 3. The van der Waals surface area contributed by atoms with Crippen molar-refractivity contribution in [1.82, 2.24) is 14.7 Å². The topological polar surface area (TPSA) is 274 Å². The average molecular weight is 956 g/mol. The van der Waals surface area contributed by atoms with Gasteiger partial charge in [-0.3, -0.25) is 43.5 Å². The van der Waals surface area contributed by atoms with E-state index in [0.717, 1.165) is 51.2 Å². The molecule has 0 radical (unpaired) electrons. The molecule has 0 aromatic heterocycles. The predicted octanol–water partition coefficient (Wildman–Crippen LogP) is -1.68. The van der Waals surface area contributed by atoms with Gasteiger partial charge in [-0.1, -0.05) is 0 Å². The van der Waals surface area contributed by atoms with E-state index in [4.69, 9.17) is 56.8 Å². The maximum Gasteiger partial charge on any atom is 0.329 e. The average Bonchev–Trinajstić information content (AvgIpc) is 3.96. The molecule has 3 aliphatic rings.